The molecule has 0 atom stereocenters. The number of ether oxygens (including phenoxy) is 1. The normalized spacial score (nSPS) is 20.4. The van der Waals surface area contributed by atoms with Gasteiger partial charge in [0.05, 0.1) is 31.2 Å². The van der Waals surface area contributed by atoms with E-state index in [9.17, 15) is 8.78 Å². The minimum absolute atomic E-state index is 0.234. The zero-order valence-electron chi connectivity index (χ0n) is 22.1. The highest BCUT2D eigenvalue weighted by molar-refractivity contribution is 6.00. The zero-order valence-corrected chi connectivity index (χ0v) is 22.1. The van der Waals surface area contributed by atoms with Gasteiger partial charge in [0, 0.05) is 47.4 Å². The number of anilines is 1. The molecule has 1 aliphatic carbocycles. The molecular formula is C30H31F2N7O. The average Bonchev–Trinajstić information content (AvgIpc) is 3.58. The maximum absolute atomic E-state index is 14.3. The lowest BCUT2D eigenvalue weighted by Crippen LogP contribution is -2.45. The van der Waals surface area contributed by atoms with E-state index in [0.717, 1.165) is 91.2 Å². The zero-order chi connectivity index (χ0) is 27.2. The minimum atomic E-state index is -0.840. The lowest BCUT2D eigenvalue weighted by atomic mass is 9.90. The summed E-state index contributed by atoms with van der Waals surface area (Å²) in [5, 5.41) is 6.82. The van der Waals surface area contributed by atoms with Crippen molar-refractivity contribution in [1.82, 2.24) is 29.2 Å². The van der Waals surface area contributed by atoms with Crippen molar-refractivity contribution in [2.75, 3.05) is 32.0 Å². The molecule has 7 rings (SSSR count). The van der Waals surface area contributed by atoms with Crippen molar-refractivity contribution in [2.24, 2.45) is 0 Å². The molecule has 1 saturated carbocycles. The fourth-order valence-corrected chi connectivity index (χ4v) is 6.40. The van der Waals surface area contributed by atoms with Gasteiger partial charge in [-0.1, -0.05) is 18.2 Å². The van der Waals surface area contributed by atoms with Crippen LogP contribution >= 0.6 is 0 Å². The molecule has 4 heterocycles. The summed E-state index contributed by atoms with van der Waals surface area (Å²) in [6.07, 6.45) is 7.69. The molecule has 0 spiro atoms. The number of nitrogens with two attached hydrogens (primary N) is 1. The van der Waals surface area contributed by atoms with E-state index in [1.807, 2.05) is 29.0 Å². The summed E-state index contributed by atoms with van der Waals surface area (Å²) < 4.78 is 37.6. The van der Waals surface area contributed by atoms with E-state index in [0.29, 0.717) is 17.4 Å². The van der Waals surface area contributed by atoms with E-state index in [2.05, 4.69) is 25.6 Å². The molecule has 40 heavy (non-hydrogen) atoms. The van der Waals surface area contributed by atoms with Gasteiger partial charge in [0.2, 0.25) is 0 Å². The summed E-state index contributed by atoms with van der Waals surface area (Å²) in [6.45, 7) is 3.89. The van der Waals surface area contributed by atoms with Crippen LogP contribution in [0.25, 0.3) is 33.2 Å². The quantitative estimate of drug-likeness (QED) is 0.329. The maximum atomic E-state index is 14.3. The van der Waals surface area contributed by atoms with Gasteiger partial charge in [-0.25, -0.2) is 23.4 Å². The molecule has 10 heteroatoms. The third kappa shape index (κ3) is 4.41. The third-order valence-electron chi connectivity index (χ3n) is 8.51. The van der Waals surface area contributed by atoms with Gasteiger partial charge < -0.3 is 15.0 Å². The van der Waals surface area contributed by atoms with Gasteiger partial charge in [0.25, 0.3) is 0 Å². The summed E-state index contributed by atoms with van der Waals surface area (Å²) in [6, 6.07) is 13.1. The van der Waals surface area contributed by atoms with E-state index < -0.39 is 11.6 Å². The Kier molecular flexibility index (Phi) is 6.44. The van der Waals surface area contributed by atoms with Crippen LogP contribution in [0.1, 0.15) is 37.3 Å². The molecule has 2 aliphatic rings. The second-order valence-corrected chi connectivity index (χ2v) is 10.8. The molecule has 206 valence electrons. The molecule has 0 radical (unpaired) electrons. The van der Waals surface area contributed by atoms with Gasteiger partial charge >= 0.3 is 0 Å². The summed E-state index contributed by atoms with van der Waals surface area (Å²) >= 11 is 0. The van der Waals surface area contributed by atoms with Crippen molar-refractivity contribution in [3.8, 4) is 11.3 Å². The van der Waals surface area contributed by atoms with Crippen molar-refractivity contribution < 1.29 is 13.5 Å². The van der Waals surface area contributed by atoms with Gasteiger partial charge in [-0.15, -0.1) is 0 Å². The van der Waals surface area contributed by atoms with Crippen LogP contribution in [0.4, 0.5) is 14.6 Å². The van der Waals surface area contributed by atoms with Crippen molar-refractivity contribution in [3.63, 3.8) is 0 Å². The first-order valence-electron chi connectivity index (χ1n) is 13.9. The predicted octanol–water partition coefficient (Wildman–Crippen LogP) is 5.17. The fraction of sp³-hybridized carbons (Fsp3) is 0.367. The number of morpholine rings is 1. The van der Waals surface area contributed by atoms with Crippen molar-refractivity contribution in [1.29, 1.82) is 0 Å². The lowest BCUT2D eigenvalue weighted by molar-refractivity contribution is 0.00520. The number of aromatic nitrogens is 5. The smallest absolute Gasteiger partial charge is 0.164 e. The first-order chi connectivity index (χ1) is 19.6. The van der Waals surface area contributed by atoms with Gasteiger partial charge in [-0.2, -0.15) is 5.10 Å². The summed E-state index contributed by atoms with van der Waals surface area (Å²) in [5.74, 6) is -1.24. The average molecular weight is 544 g/mol. The Morgan fingerprint density at radius 1 is 0.950 bits per heavy atom. The Morgan fingerprint density at radius 3 is 2.58 bits per heavy atom. The van der Waals surface area contributed by atoms with Crippen LogP contribution in [-0.2, 0) is 11.3 Å². The second kappa shape index (κ2) is 10.3. The van der Waals surface area contributed by atoms with Crippen LogP contribution in [0, 0.1) is 11.6 Å². The fourth-order valence-electron chi connectivity index (χ4n) is 6.40. The van der Waals surface area contributed by atoms with E-state index in [1.165, 1.54) is 12.4 Å². The monoisotopic (exact) mass is 543 g/mol. The van der Waals surface area contributed by atoms with E-state index in [1.54, 1.807) is 6.07 Å². The number of hydrogen-bond acceptors (Lipinski definition) is 6. The second-order valence-electron chi connectivity index (χ2n) is 10.8. The molecule has 8 nitrogen and oxygen atoms in total. The van der Waals surface area contributed by atoms with E-state index >= 15 is 0 Å². The number of rotatable bonds is 5. The Hall–Kier alpha value is -3.89. The minimum Gasteiger partial charge on any atom is -0.383 e. The number of fused-ring (bicyclic) bond motifs is 2. The van der Waals surface area contributed by atoms with Crippen molar-refractivity contribution in [3.05, 3.63) is 72.2 Å². The Bertz CT molecular complexity index is 1680. The molecule has 3 aromatic heterocycles. The molecule has 2 N–H and O–H groups in total. The number of halogens is 2. The summed E-state index contributed by atoms with van der Waals surface area (Å²) in [7, 11) is 0. The summed E-state index contributed by atoms with van der Waals surface area (Å²) in [5.41, 5.74) is 10.0. The largest absolute Gasteiger partial charge is 0.383 e. The van der Waals surface area contributed by atoms with Gasteiger partial charge in [-0.3, -0.25) is 4.90 Å². The topological polar surface area (TPSA) is 87.0 Å². The maximum Gasteiger partial charge on any atom is 0.164 e. The number of hydrogen-bond donors (Lipinski definition) is 1. The van der Waals surface area contributed by atoms with Crippen LogP contribution < -0.4 is 5.73 Å². The Balaban J connectivity index is 1.20. The molecule has 0 amide bonds. The van der Waals surface area contributed by atoms with Crippen molar-refractivity contribution >= 4 is 27.8 Å². The number of nitrogen functional groups attached to an aromatic ring is 1. The lowest BCUT2D eigenvalue weighted by Gasteiger charge is -2.38. The molecular weight excluding hydrogens is 512 g/mol. The molecule has 0 bridgehead atoms. The van der Waals surface area contributed by atoms with Crippen LogP contribution in [0.3, 0.4) is 0 Å². The summed E-state index contributed by atoms with van der Waals surface area (Å²) in [4.78, 5) is 11.5. The van der Waals surface area contributed by atoms with Gasteiger partial charge in [0.1, 0.15) is 17.8 Å². The highest BCUT2D eigenvalue weighted by Gasteiger charge is 2.30. The highest BCUT2D eigenvalue weighted by atomic mass is 19.2. The Morgan fingerprint density at radius 2 is 1.75 bits per heavy atom. The van der Waals surface area contributed by atoms with Crippen LogP contribution in [-0.4, -0.2) is 61.6 Å². The SMILES string of the molecule is Nc1ncnc2c1c(-c1ccc3c(ccn3Cc3cccc(F)c3F)c1)nn2[C@H]1CC[C@H](N2CCOCC2)CC1. The van der Waals surface area contributed by atoms with Gasteiger partial charge in [0.15, 0.2) is 17.3 Å². The van der Waals surface area contributed by atoms with E-state index in [4.69, 9.17) is 15.6 Å². The first-order valence-corrected chi connectivity index (χ1v) is 13.9. The van der Waals surface area contributed by atoms with E-state index in [-0.39, 0.29) is 12.6 Å². The number of nitrogens with zero attached hydrogens (tertiary/aromatic N) is 6. The molecule has 2 aromatic carbocycles. The highest BCUT2D eigenvalue weighted by Crippen LogP contribution is 2.38. The van der Waals surface area contributed by atoms with Gasteiger partial charge in [-0.05, 0) is 49.9 Å². The van der Waals surface area contributed by atoms with Crippen LogP contribution in [0.2, 0.25) is 0 Å². The van der Waals surface area contributed by atoms with Crippen LogP contribution in [0.5, 0.6) is 0 Å². The Labute approximate surface area is 230 Å². The standard InChI is InChI=1S/C30H31F2N7O/c31-24-3-1-2-21(27(24)32)17-38-11-10-19-16-20(4-9-25(19)38)28-26-29(33)34-18-35-30(26)39(36-28)23-7-5-22(6-8-23)37-12-14-40-15-13-37/h1-4,9-11,16,18,22-23H,5-8,12-15,17H2,(H2,33,34,35)/t22-,23-. The molecule has 2 fully saturated rings. The predicted molar refractivity (Wildman–Crippen MR) is 150 cm³/mol. The number of benzene rings is 2. The molecule has 1 aliphatic heterocycles. The molecule has 5 aromatic rings. The molecule has 0 unspecified atom stereocenters. The van der Waals surface area contributed by atoms with Crippen LogP contribution in [0.15, 0.2) is 55.0 Å². The third-order valence-corrected chi connectivity index (χ3v) is 8.51. The van der Waals surface area contributed by atoms with Crippen molar-refractivity contribution in [2.45, 2.75) is 44.3 Å². The first kappa shape index (κ1) is 25.1. The molecule has 1 saturated heterocycles.